The van der Waals surface area contributed by atoms with E-state index in [9.17, 15) is 9.59 Å². The van der Waals surface area contributed by atoms with Gasteiger partial charge in [-0.05, 0) is 31.2 Å². The Morgan fingerprint density at radius 3 is 2.64 bits per heavy atom. The number of para-hydroxylation sites is 2. The fraction of sp³-hybridized carbons (Fsp3) is 0.167. The van der Waals surface area contributed by atoms with Crippen molar-refractivity contribution in [3.8, 4) is 0 Å². The van der Waals surface area contributed by atoms with Crippen LogP contribution in [-0.2, 0) is 4.79 Å². The second-order valence-electron chi connectivity index (χ2n) is 5.59. The van der Waals surface area contributed by atoms with Crippen LogP contribution in [0.25, 0.3) is 11.0 Å². The van der Waals surface area contributed by atoms with Gasteiger partial charge in [-0.25, -0.2) is 4.98 Å². The molecule has 2 amide bonds. The number of fused-ring (bicyclic) bond motifs is 1. The molecule has 0 spiro atoms. The van der Waals surface area contributed by atoms with Crippen LogP contribution in [0.4, 0.5) is 0 Å². The molecule has 3 rings (SSSR count). The van der Waals surface area contributed by atoms with Crippen LogP contribution in [-0.4, -0.2) is 28.3 Å². The number of hydrogen-bond acceptors (Lipinski definition) is 3. The van der Waals surface area contributed by atoms with Crippen molar-refractivity contribution in [1.29, 1.82) is 0 Å². The van der Waals surface area contributed by atoms with E-state index in [1.165, 1.54) is 0 Å². The third kappa shape index (κ3) is 3.97. The maximum atomic E-state index is 12.1. The van der Waals surface area contributed by atoms with Crippen molar-refractivity contribution in [3.63, 3.8) is 0 Å². The second kappa shape index (κ2) is 7.36. The van der Waals surface area contributed by atoms with Crippen LogP contribution >= 0.6 is 11.6 Å². The quantitative estimate of drug-likeness (QED) is 0.657. The highest BCUT2D eigenvalue weighted by molar-refractivity contribution is 6.33. The van der Waals surface area contributed by atoms with Crippen LogP contribution in [0, 0.1) is 0 Å². The number of imidazole rings is 1. The Morgan fingerprint density at radius 2 is 1.88 bits per heavy atom. The number of amides is 2. The predicted octanol–water partition coefficient (Wildman–Crippen LogP) is 2.82. The standard InChI is InChI=1S/C18H17ClN4O2/c1-11(17-22-14-8-4-5-9-15(14)23-17)21-16(24)10-20-18(25)12-6-2-3-7-13(12)19/h2-9,11H,10H2,1H3,(H,20,25)(H,21,24)(H,22,23). The molecule has 0 aliphatic carbocycles. The average Bonchev–Trinajstić information content (AvgIpc) is 3.04. The van der Waals surface area contributed by atoms with E-state index in [1.54, 1.807) is 24.3 Å². The van der Waals surface area contributed by atoms with Crippen molar-refractivity contribution in [2.45, 2.75) is 13.0 Å². The summed E-state index contributed by atoms with van der Waals surface area (Å²) >= 11 is 5.96. The molecule has 1 heterocycles. The number of halogens is 1. The van der Waals surface area contributed by atoms with Crippen molar-refractivity contribution in [2.24, 2.45) is 0 Å². The van der Waals surface area contributed by atoms with Gasteiger partial charge in [0.25, 0.3) is 5.91 Å². The summed E-state index contributed by atoms with van der Waals surface area (Å²) in [5.74, 6) is -0.0440. The fourth-order valence-corrected chi connectivity index (χ4v) is 2.66. The lowest BCUT2D eigenvalue weighted by Gasteiger charge is -2.12. The monoisotopic (exact) mass is 356 g/mol. The Labute approximate surface area is 149 Å². The fourth-order valence-electron chi connectivity index (χ4n) is 2.44. The number of hydrogen-bond donors (Lipinski definition) is 3. The molecule has 1 unspecified atom stereocenters. The minimum Gasteiger partial charge on any atom is -0.345 e. The highest BCUT2D eigenvalue weighted by Gasteiger charge is 2.15. The smallest absolute Gasteiger partial charge is 0.253 e. The number of nitrogens with zero attached hydrogens (tertiary/aromatic N) is 1. The van der Waals surface area contributed by atoms with Gasteiger partial charge in [0.1, 0.15) is 5.82 Å². The van der Waals surface area contributed by atoms with Gasteiger partial charge in [0.15, 0.2) is 0 Å². The lowest BCUT2D eigenvalue weighted by Crippen LogP contribution is -2.38. The Hall–Kier alpha value is -2.86. The van der Waals surface area contributed by atoms with Crippen LogP contribution in [0.1, 0.15) is 29.1 Å². The molecule has 1 atom stereocenters. The van der Waals surface area contributed by atoms with Crippen molar-refractivity contribution in [3.05, 3.63) is 64.9 Å². The predicted molar refractivity (Wildman–Crippen MR) is 96.4 cm³/mol. The summed E-state index contributed by atoms with van der Waals surface area (Å²) in [5.41, 5.74) is 2.08. The molecule has 0 saturated heterocycles. The van der Waals surface area contributed by atoms with Crippen LogP contribution in [0.5, 0.6) is 0 Å². The summed E-state index contributed by atoms with van der Waals surface area (Å²) in [6.07, 6.45) is 0. The van der Waals surface area contributed by atoms with Gasteiger partial charge in [-0.2, -0.15) is 0 Å². The highest BCUT2D eigenvalue weighted by atomic mass is 35.5. The van der Waals surface area contributed by atoms with E-state index in [0.717, 1.165) is 11.0 Å². The zero-order chi connectivity index (χ0) is 17.8. The molecule has 0 saturated carbocycles. The Kier molecular flexibility index (Phi) is 5.00. The van der Waals surface area contributed by atoms with E-state index in [0.29, 0.717) is 16.4 Å². The lowest BCUT2D eigenvalue weighted by atomic mass is 10.2. The molecule has 0 radical (unpaired) electrons. The molecule has 7 heteroatoms. The topological polar surface area (TPSA) is 86.9 Å². The molecule has 25 heavy (non-hydrogen) atoms. The molecular weight excluding hydrogens is 340 g/mol. The molecule has 2 aromatic carbocycles. The van der Waals surface area contributed by atoms with Crippen molar-refractivity contribution in [1.82, 2.24) is 20.6 Å². The number of aromatic amines is 1. The second-order valence-corrected chi connectivity index (χ2v) is 6.00. The van der Waals surface area contributed by atoms with E-state index in [1.807, 2.05) is 31.2 Å². The molecule has 0 aliphatic rings. The summed E-state index contributed by atoms with van der Waals surface area (Å²) in [5, 5.41) is 5.70. The van der Waals surface area contributed by atoms with Gasteiger partial charge in [0, 0.05) is 0 Å². The molecule has 0 aliphatic heterocycles. The Morgan fingerprint density at radius 1 is 1.16 bits per heavy atom. The van der Waals surface area contributed by atoms with Crippen molar-refractivity contribution in [2.75, 3.05) is 6.54 Å². The van der Waals surface area contributed by atoms with Gasteiger partial charge in [0.2, 0.25) is 5.91 Å². The van der Waals surface area contributed by atoms with Gasteiger partial charge in [-0.3, -0.25) is 9.59 Å². The van der Waals surface area contributed by atoms with Crippen molar-refractivity contribution < 1.29 is 9.59 Å². The highest BCUT2D eigenvalue weighted by Crippen LogP contribution is 2.16. The molecule has 6 nitrogen and oxygen atoms in total. The first-order valence-corrected chi connectivity index (χ1v) is 8.19. The molecule has 3 N–H and O–H groups in total. The first-order chi connectivity index (χ1) is 12.0. The van der Waals surface area contributed by atoms with Crippen LogP contribution in [0.15, 0.2) is 48.5 Å². The zero-order valence-electron chi connectivity index (χ0n) is 13.5. The van der Waals surface area contributed by atoms with E-state index in [2.05, 4.69) is 20.6 Å². The number of H-pyrrole nitrogens is 1. The number of carbonyl (C=O) groups excluding carboxylic acids is 2. The third-order valence-corrected chi connectivity index (χ3v) is 4.05. The molecule has 3 aromatic rings. The Bertz CT molecular complexity index is 889. The number of benzene rings is 2. The summed E-state index contributed by atoms with van der Waals surface area (Å²) in [4.78, 5) is 31.7. The van der Waals surface area contributed by atoms with Gasteiger partial charge in [-0.15, -0.1) is 0 Å². The molecule has 0 fully saturated rings. The first kappa shape index (κ1) is 17.0. The summed E-state index contributed by atoms with van der Waals surface area (Å²) < 4.78 is 0. The largest absolute Gasteiger partial charge is 0.345 e. The summed E-state index contributed by atoms with van der Waals surface area (Å²) in [7, 11) is 0. The van der Waals surface area contributed by atoms with E-state index >= 15 is 0 Å². The van der Waals surface area contributed by atoms with Crippen LogP contribution in [0.3, 0.4) is 0 Å². The number of carbonyl (C=O) groups is 2. The van der Waals surface area contributed by atoms with E-state index < -0.39 is 5.91 Å². The van der Waals surface area contributed by atoms with Gasteiger partial charge < -0.3 is 15.6 Å². The summed E-state index contributed by atoms with van der Waals surface area (Å²) in [6, 6.07) is 14.0. The molecule has 128 valence electrons. The molecular formula is C18H17ClN4O2. The minimum absolute atomic E-state index is 0.144. The van der Waals surface area contributed by atoms with Crippen LogP contribution in [0.2, 0.25) is 5.02 Å². The van der Waals surface area contributed by atoms with Crippen LogP contribution < -0.4 is 10.6 Å². The number of rotatable bonds is 5. The van der Waals surface area contributed by atoms with E-state index in [4.69, 9.17) is 11.6 Å². The maximum Gasteiger partial charge on any atom is 0.253 e. The molecule has 0 bridgehead atoms. The zero-order valence-corrected chi connectivity index (χ0v) is 14.3. The lowest BCUT2D eigenvalue weighted by molar-refractivity contribution is -0.120. The van der Waals surface area contributed by atoms with Crippen molar-refractivity contribution >= 4 is 34.4 Å². The van der Waals surface area contributed by atoms with Gasteiger partial charge in [-0.1, -0.05) is 35.9 Å². The minimum atomic E-state index is -0.392. The normalized spacial score (nSPS) is 11.9. The van der Waals surface area contributed by atoms with Gasteiger partial charge in [0.05, 0.1) is 34.2 Å². The SMILES string of the molecule is CC(NC(=O)CNC(=O)c1ccccc1Cl)c1nc2ccccc2[nH]1. The number of nitrogens with one attached hydrogen (secondary N) is 3. The third-order valence-electron chi connectivity index (χ3n) is 3.72. The van der Waals surface area contributed by atoms with E-state index in [-0.39, 0.29) is 18.5 Å². The molecule has 1 aromatic heterocycles. The summed E-state index contributed by atoms with van der Waals surface area (Å²) in [6.45, 7) is 1.68. The number of aromatic nitrogens is 2. The maximum absolute atomic E-state index is 12.1. The Balaban J connectivity index is 1.57. The first-order valence-electron chi connectivity index (χ1n) is 7.81. The van der Waals surface area contributed by atoms with Gasteiger partial charge >= 0.3 is 0 Å². The average molecular weight is 357 g/mol.